The largest absolute Gasteiger partial charge is 0.386 e. The number of aromatic nitrogens is 1. The molecule has 8 heteroatoms. The zero-order chi connectivity index (χ0) is 19.3. The standard InChI is InChI=1S/C18H20Cl2FN3O2/c1-10(22)14-7-6-13(9-23-14)11-2-4-12(5-3-11)16(25)15(8-21)24-18(26)17(19)20/h2-7,9-10,15-17,25H,8,22H2,1H3,(H,24,26)/t10?,15-,16-/m1/s1. The molecule has 0 aliphatic carbocycles. The number of carbonyl (C=O) groups is 1. The van der Waals surface area contributed by atoms with E-state index in [1.165, 1.54) is 0 Å². The van der Waals surface area contributed by atoms with Crippen LogP contribution >= 0.6 is 23.2 Å². The lowest BCUT2D eigenvalue weighted by Gasteiger charge is -2.22. The molecule has 0 radical (unpaired) electrons. The zero-order valence-electron chi connectivity index (χ0n) is 14.1. The summed E-state index contributed by atoms with van der Waals surface area (Å²) in [7, 11) is 0. The van der Waals surface area contributed by atoms with Crippen LogP contribution in [-0.2, 0) is 4.79 Å². The predicted molar refractivity (Wildman–Crippen MR) is 101 cm³/mol. The molecule has 0 aliphatic rings. The molecule has 140 valence electrons. The number of aliphatic hydroxyl groups excluding tert-OH is 1. The van der Waals surface area contributed by atoms with E-state index < -0.39 is 29.6 Å². The van der Waals surface area contributed by atoms with Gasteiger partial charge in [-0.3, -0.25) is 9.78 Å². The molecule has 1 amide bonds. The zero-order valence-corrected chi connectivity index (χ0v) is 15.6. The number of hydrogen-bond donors (Lipinski definition) is 3. The van der Waals surface area contributed by atoms with Crippen molar-refractivity contribution < 1.29 is 14.3 Å². The summed E-state index contributed by atoms with van der Waals surface area (Å²) >= 11 is 10.9. The molecule has 1 aromatic carbocycles. The Morgan fingerprint density at radius 1 is 1.23 bits per heavy atom. The van der Waals surface area contributed by atoms with Crippen molar-refractivity contribution in [3.05, 3.63) is 53.9 Å². The molecule has 1 aromatic heterocycles. The number of rotatable bonds is 7. The van der Waals surface area contributed by atoms with E-state index in [1.54, 1.807) is 30.5 Å². The molecule has 2 rings (SSSR count). The molecule has 4 N–H and O–H groups in total. The first-order valence-electron chi connectivity index (χ1n) is 7.98. The van der Waals surface area contributed by atoms with Crippen LogP contribution in [0, 0.1) is 0 Å². The van der Waals surface area contributed by atoms with Crippen LogP contribution < -0.4 is 11.1 Å². The van der Waals surface area contributed by atoms with Gasteiger partial charge in [-0.15, -0.1) is 0 Å². The predicted octanol–water partition coefficient (Wildman–Crippen LogP) is 3.06. The molecule has 1 unspecified atom stereocenters. The van der Waals surface area contributed by atoms with Crippen molar-refractivity contribution >= 4 is 29.1 Å². The fourth-order valence-corrected chi connectivity index (χ4v) is 2.52. The maximum Gasteiger partial charge on any atom is 0.253 e. The number of pyridine rings is 1. The summed E-state index contributed by atoms with van der Waals surface area (Å²) < 4.78 is 13.2. The van der Waals surface area contributed by atoms with Crippen molar-refractivity contribution in [2.24, 2.45) is 5.73 Å². The SMILES string of the molecule is CC(N)c1ccc(-c2ccc([C@@H](O)[C@@H](CF)NC(=O)C(Cl)Cl)cc2)cn1. The Kier molecular flexibility index (Phi) is 7.34. The van der Waals surface area contributed by atoms with Crippen LogP contribution in [0.4, 0.5) is 4.39 Å². The third kappa shape index (κ3) is 5.14. The molecular weight excluding hydrogens is 380 g/mol. The highest BCUT2D eigenvalue weighted by Crippen LogP contribution is 2.24. The van der Waals surface area contributed by atoms with Gasteiger partial charge in [0.2, 0.25) is 0 Å². The molecule has 5 nitrogen and oxygen atoms in total. The summed E-state index contributed by atoms with van der Waals surface area (Å²) in [5.41, 5.74) is 8.80. The molecule has 3 atom stereocenters. The molecule has 0 saturated heterocycles. The van der Waals surface area contributed by atoms with Gasteiger partial charge in [0, 0.05) is 17.8 Å². The summed E-state index contributed by atoms with van der Waals surface area (Å²) in [5, 5.41) is 12.6. The van der Waals surface area contributed by atoms with E-state index in [4.69, 9.17) is 28.9 Å². The average molecular weight is 400 g/mol. The fourth-order valence-electron chi connectivity index (χ4n) is 2.40. The molecular formula is C18H20Cl2FN3O2. The first-order valence-corrected chi connectivity index (χ1v) is 8.85. The number of nitrogens with zero attached hydrogens (tertiary/aromatic N) is 1. The van der Waals surface area contributed by atoms with Gasteiger partial charge in [-0.2, -0.15) is 0 Å². The maximum absolute atomic E-state index is 13.2. The second kappa shape index (κ2) is 9.28. The minimum absolute atomic E-state index is 0.144. The van der Waals surface area contributed by atoms with Crippen LogP contribution in [0.15, 0.2) is 42.6 Å². The minimum atomic E-state index is -1.33. The number of benzene rings is 1. The van der Waals surface area contributed by atoms with Gasteiger partial charge in [0.1, 0.15) is 12.8 Å². The molecule has 0 saturated carbocycles. The average Bonchev–Trinajstić information content (AvgIpc) is 2.65. The lowest BCUT2D eigenvalue weighted by atomic mass is 9.99. The quantitative estimate of drug-likeness (QED) is 0.624. The van der Waals surface area contributed by atoms with Crippen LogP contribution in [0.25, 0.3) is 11.1 Å². The van der Waals surface area contributed by atoms with E-state index in [2.05, 4.69) is 10.3 Å². The highest BCUT2D eigenvalue weighted by atomic mass is 35.5. The number of halogens is 3. The lowest BCUT2D eigenvalue weighted by Crippen LogP contribution is -2.43. The van der Waals surface area contributed by atoms with E-state index in [0.29, 0.717) is 5.56 Å². The number of hydrogen-bond acceptors (Lipinski definition) is 4. The normalized spacial score (nSPS) is 14.7. The van der Waals surface area contributed by atoms with Gasteiger partial charge in [0.15, 0.2) is 4.84 Å². The van der Waals surface area contributed by atoms with Crippen LogP contribution in [-0.4, -0.2) is 33.6 Å². The monoisotopic (exact) mass is 399 g/mol. The number of nitrogens with two attached hydrogens (primary N) is 1. The molecule has 26 heavy (non-hydrogen) atoms. The maximum atomic E-state index is 13.2. The van der Waals surface area contributed by atoms with E-state index in [1.807, 2.05) is 19.1 Å². The Hall–Kier alpha value is -1.73. The Balaban J connectivity index is 2.13. The Labute approximate surface area is 161 Å². The third-order valence-electron chi connectivity index (χ3n) is 3.91. The van der Waals surface area contributed by atoms with Crippen LogP contribution in [0.2, 0.25) is 0 Å². The third-order valence-corrected chi connectivity index (χ3v) is 4.31. The summed E-state index contributed by atoms with van der Waals surface area (Å²) in [6, 6.07) is 9.36. The number of nitrogens with one attached hydrogen (secondary N) is 1. The van der Waals surface area contributed by atoms with Crippen molar-refractivity contribution in [2.45, 2.75) is 29.9 Å². The Morgan fingerprint density at radius 3 is 2.31 bits per heavy atom. The van der Waals surface area contributed by atoms with Gasteiger partial charge in [-0.25, -0.2) is 4.39 Å². The Morgan fingerprint density at radius 2 is 1.85 bits per heavy atom. The topological polar surface area (TPSA) is 88.2 Å². The second-order valence-electron chi connectivity index (χ2n) is 5.90. The second-order valence-corrected chi connectivity index (χ2v) is 6.99. The number of alkyl halides is 3. The van der Waals surface area contributed by atoms with Gasteiger partial charge in [0.25, 0.3) is 5.91 Å². The van der Waals surface area contributed by atoms with Gasteiger partial charge in [-0.1, -0.05) is 53.5 Å². The van der Waals surface area contributed by atoms with Crippen molar-refractivity contribution in [3.63, 3.8) is 0 Å². The molecule has 1 heterocycles. The lowest BCUT2D eigenvalue weighted by molar-refractivity contribution is -0.121. The van der Waals surface area contributed by atoms with Crippen molar-refractivity contribution in [2.75, 3.05) is 6.67 Å². The molecule has 0 aliphatic heterocycles. The highest BCUT2D eigenvalue weighted by molar-refractivity contribution is 6.53. The molecule has 0 spiro atoms. The molecule has 0 bridgehead atoms. The van der Waals surface area contributed by atoms with Crippen molar-refractivity contribution in [1.82, 2.24) is 10.3 Å². The van der Waals surface area contributed by atoms with E-state index in [9.17, 15) is 14.3 Å². The first kappa shape index (κ1) is 20.6. The van der Waals surface area contributed by atoms with Gasteiger partial charge >= 0.3 is 0 Å². The van der Waals surface area contributed by atoms with Crippen molar-refractivity contribution in [1.29, 1.82) is 0 Å². The molecule has 0 fully saturated rings. The summed E-state index contributed by atoms with van der Waals surface area (Å²) in [6.07, 6.45) is 0.485. The highest BCUT2D eigenvalue weighted by Gasteiger charge is 2.25. The minimum Gasteiger partial charge on any atom is -0.386 e. The smallest absolute Gasteiger partial charge is 0.253 e. The molecule has 2 aromatic rings. The number of aliphatic hydroxyl groups is 1. The first-order chi connectivity index (χ1) is 12.3. The summed E-state index contributed by atoms with van der Waals surface area (Å²) in [5.74, 6) is -0.757. The van der Waals surface area contributed by atoms with E-state index >= 15 is 0 Å². The number of carbonyl (C=O) groups excluding carboxylic acids is 1. The number of amides is 1. The van der Waals surface area contributed by atoms with Crippen LogP contribution in [0.1, 0.15) is 30.3 Å². The van der Waals surface area contributed by atoms with Crippen LogP contribution in [0.3, 0.4) is 0 Å². The van der Waals surface area contributed by atoms with Gasteiger partial charge in [-0.05, 0) is 24.1 Å². The van der Waals surface area contributed by atoms with Gasteiger partial charge in [0.05, 0.1) is 11.7 Å². The van der Waals surface area contributed by atoms with Crippen LogP contribution in [0.5, 0.6) is 0 Å². The summed E-state index contributed by atoms with van der Waals surface area (Å²) in [6.45, 7) is 0.896. The summed E-state index contributed by atoms with van der Waals surface area (Å²) in [4.78, 5) is 14.5. The fraction of sp³-hybridized carbons (Fsp3) is 0.333. The van der Waals surface area contributed by atoms with Gasteiger partial charge < -0.3 is 16.2 Å². The van der Waals surface area contributed by atoms with E-state index in [-0.39, 0.29) is 6.04 Å². The van der Waals surface area contributed by atoms with E-state index in [0.717, 1.165) is 16.8 Å². The Bertz CT molecular complexity index is 724. The van der Waals surface area contributed by atoms with Crippen molar-refractivity contribution in [3.8, 4) is 11.1 Å².